The molecule has 2 aromatic heterocycles. The maximum Gasteiger partial charge on any atom is 0.234 e. The molecule has 0 unspecified atom stereocenters. The zero-order valence-electron chi connectivity index (χ0n) is 15.6. The second-order valence-electron chi connectivity index (χ2n) is 6.16. The second kappa shape index (κ2) is 9.51. The molecule has 4 aromatic rings. The molecule has 30 heavy (non-hydrogen) atoms. The van der Waals surface area contributed by atoms with Crippen LogP contribution in [0.4, 0.5) is 10.1 Å². The SMILES string of the molecule is O=C(CSc1nc(-c2cccnc2)cs1)Nc1ccc(Oc2cccc(F)c2)cc1. The quantitative estimate of drug-likeness (QED) is 0.367. The van der Waals surface area contributed by atoms with Crippen molar-refractivity contribution in [1.82, 2.24) is 9.97 Å². The van der Waals surface area contributed by atoms with Crippen molar-refractivity contribution in [1.29, 1.82) is 0 Å². The number of benzene rings is 2. The molecular formula is C22H16FN3O2S2. The van der Waals surface area contributed by atoms with Crippen LogP contribution in [-0.2, 0) is 4.79 Å². The van der Waals surface area contributed by atoms with Crippen LogP contribution in [0.15, 0.2) is 82.8 Å². The maximum absolute atomic E-state index is 13.2. The number of thioether (sulfide) groups is 1. The summed E-state index contributed by atoms with van der Waals surface area (Å²) in [6, 6.07) is 16.6. The average Bonchev–Trinajstić information content (AvgIpc) is 3.24. The molecule has 0 aliphatic carbocycles. The molecule has 0 spiro atoms. The van der Waals surface area contributed by atoms with Gasteiger partial charge >= 0.3 is 0 Å². The van der Waals surface area contributed by atoms with Crippen molar-refractivity contribution in [2.75, 3.05) is 11.1 Å². The predicted molar refractivity (Wildman–Crippen MR) is 118 cm³/mol. The fourth-order valence-corrected chi connectivity index (χ4v) is 4.20. The third-order valence-electron chi connectivity index (χ3n) is 3.94. The Kier molecular flexibility index (Phi) is 6.36. The van der Waals surface area contributed by atoms with E-state index in [1.807, 2.05) is 17.5 Å². The number of carbonyl (C=O) groups excluding carboxylic acids is 1. The Balaban J connectivity index is 1.28. The van der Waals surface area contributed by atoms with E-state index in [1.165, 1.54) is 35.2 Å². The lowest BCUT2D eigenvalue weighted by molar-refractivity contribution is -0.113. The smallest absolute Gasteiger partial charge is 0.234 e. The Bertz CT molecular complexity index is 1130. The Morgan fingerprint density at radius 2 is 1.97 bits per heavy atom. The number of nitrogens with one attached hydrogen (secondary N) is 1. The van der Waals surface area contributed by atoms with Gasteiger partial charge in [-0.1, -0.05) is 17.8 Å². The molecule has 0 atom stereocenters. The zero-order valence-corrected chi connectivity index (χ0v) is 17.3. The first-order chi connectivity index (χ1) is 14.7. The third kappa shape index (κ3) is 5.43. The van der Waals surface area contributed by atoms with E-state index in [-0.39, 0.29) is 17.5 Å². The van der Waals surface area contributed by atoms with E-state index >= 15 is 0 Å². The molecule has 2 aromatic carbocycles. The molecule has 0 fully saturated rings. The normalized spacial score (nSPS) is 10.6. The number of hydrogen-bond acceptors (Lipinski definition) is 6. The van der Waals surface area contributed by atoms with Crippen molar-refractivity contribution >= 4 is 34.7 Å². The third-order valence-corrected chi connectivity index (χ3v) is 5.96. The lowest BCUT2D eigenvalue weighted by Crippen LogP contribution is -2.13. The molecule has 150 valence electrons. The number of amides is 1. The lowest BCUT2D eigenvalue weighted by atomic mass is 10.2. The molecule has 1 N–H and O–H groups in total. The van der Waals surface area contributed by atoms with Gasteiger partial charge in [0.25, 0.3) is 0 Å². The lowest BCUT2D eigenvalue weighted by Gasteiger charge is -2.08. The van der Waals surface area contributed by atoms with Crippen LogP contribution in [-0.4, -0.2) is 21.6 Å². The first kappa shape index (κ1) is 20.1. The Labute approximate surface area is 181 Å². The van der Waals surface area contributed by atoms with Crippen LogP contribution >= 0.6 is 23.1 Å². The van der Waals surface area contributed by atoms with Gasteiger partial charge in [0.1, 0.15) is 17.3 Å². The van der Waals surface area contributed by atoms with E-state index in [0.717, 1.165) is 15.6 Å². The topological polar surface area (TPSA) is 64.1 Å². The number of pyridine rings is 1. The van der Waals surface area contributed by atoms with Crippen LogP contribution in [0, 0.1) is 5.82 Å². The average molecular weight is 438 g/mol. The van der Waals surface area contributed by atoms with Gasteiger partial charge in [0.05, 0.1) is 11.4 Å². The van der Waals surface area contributed by atoms with E-state index < -0.39 is 0 Å². The highest BCUT2D eigenvalue weighted by molar-refractivity contribution is 8.01. The number of aromatic nitrogens is 2. The number of carbonyl (C=O) groups is 1. The van der Waals surface area contributed by atoms with E-state index in [0.29, 0.717) is 17.2 Å². The summed E-state index contributed by atoms with van der Waals surface area (Å²) in [5.41, 5.74) is 2.46. The fourth-order valence-electron chi connectivity index (χ4n) is 2.57. The highest BCUT2D eigenvalue weighted by Gasteiger charge is 2.09. The molecule has 0 aliphatic heterocycles. The predicted octanol–water partition coefficient (Wildman–Crippen LogP) is 5.87. The summed E-state index contributed by atoms with van der Waals surface area (Å²) in [5, 5.41) is 4.80. The van der Waals surface area contributed by atoms with Crippen molar-refractivity contribution < 1.29 is 13.9 Å². The number of anilines is 1. The first-order valence-electron chi connectivity index (χ1n) is 8.98. The molecule has 5 nitrogen and oxygen atoms in total. The van der Waals surface area contributed by atoms with E-state index in [1.54, 1.807) is 48.8 Å². The fraction of sp³-hybridized carbons (Fsp3) is 0.0455. The zero-order chi connectivity index (χ0) is 20.8. The van der Waals surface area contributed by atoms with Gasteiger partial charge in [0, 0.05) is 35.1 Å². The summed E-state index contributed by atoms with van der Waals surface area (Å²) in [6.07, 6.45) is 3.48. The molecule has 0 radical (unpaired) electrons. The number of ether oxygens (including phenoxy) is 1. The minimum Gasteiger partial charge on any atom is -0.457 e. The standard InChI is InChI=1S/C22H16FN3O2S2/c23-16-4-1-5-19(11-16)28-18-8-6-17(7-9-18)25-21(27)14-30-22-26-20(13-29-22)15-3-2-10-24-12-15/h1-13H,14H2,(H,25,27). The summed E-state index contributed by atoms with van der Waals surface area (Å²) in [4.78, 5) is 20.9. The Morgan fingerprint density at radius 3 is 2.73 bits per heavy atom. The minimum absolute atomic E-state index is 0.128. The summed E-state index contributed by atoms with van der Waals surface area (Å²) in [7, 11) is 0. The molecule has 0 saturated heterocycles. The van der Waals surface area contributed by atoms with Crippen molar-refractivity contribution in [3.63, 3.8) is 0 Å². The van der Waals surface area contributed by atoms with Crippen LogP contribution in [0.5, 0.6) is 11.5 Å². The summed E-state index contributed by atoms with van der Waals surface area (Å²) >= 11 is 2.88. The van der Waals surface area contributed by atoms with E-state index in [2.05, 4.69) is 15.3 Å². The Hall–Kier alpha value is -3.23. The van der Waals surface area contributed by atoms with Crippen LogP contribution < -0.4 is 10.1 Å². The molecular weight excluding hydrogens is 421 g/mol. The summed E-state index contributed by atoms with van der Waals surface area (Å²) in [5.74, 6) is 0.733. The molecule has 2 heterocycles. The van der Waals surface area contributed by atoms with Gasteiger partial charge in [-0.15, -0.1) is 11.3 Å². The van der Waals surface area contributed by atoms with Gasteiger partial charge in [-0.05, 0) is 48.5 Å². The van der Waals surface area contributed by atoms with E-state index in [9.17, 15) is 9.18 Å². The highest BCUT2D eigenvalue weighted by atomic mass is 32.2. The number of halogens is 1. The molecule has 1 amide bonds. The van der Waals surface area contributed by atoms with Gasteiger partial charge in [0.15, 0.2) is 4.34 Å². The molecule has 0 saturated carbocycles. The molecule has 8 heteroatoms. The monoisotopic (exact) mass is 437 g/mol. The van der Waals surface area contributed by atoms with Gasteiger partial charge in [0.2, 0.25) is 5.91 Å². The van der Waals surface area contributed by atoms with Crippen LogP contribution in [0.25, 0.3) is 11.3 Å². The summed E-state index contributed by atoms with van der Waals surface area (Å²) < 4.78 is 19.6. The highest BCUT2D eigenvalue weighted by Crippen LogP contribution is 2.28. The van der Waals surface area contributed by atoms with Gasteiger partial charge < -0.3 is 10.1 Å². The van der Waals surface area contributed by atoms with Crippen molar-refractivity contribution in [2.24, 2.45) is 0 Å². The number of thiazole rings is 1. The molecule has 0 aliphatic rings. The summed E-state index contributed by atoms with van der Waals surface area (Å²) in [6.45, 7) is 0. The van der Waals surface area contributed by atoms with Crippen molar-refractivity contribution in [3.05, 3.63) is 84.3 Å². The number of rotatable bonds is 7. The van der Waals surface area contributed by atoms with Gasteiger partial charge in [-0.2, -0.15) is 0 Å². The van der Waals surface area contributed by atoms with Crippen molar-refractivity contribution in [3.8, 4) is 22.8 Å². The van der Waals surface area contributed by atoms with Crippen LogP contribution in [0.3, 0.4) is 0 Å². The van der Waals surface area contributed by atoms with Crippen molar-refractivity contribution in [2.45, 2.75) is 4.34 Å². The largest absolute Gasteiger partial charge is 0.457 e. The number of hydrogen-bond donors (Lipinski definition) is 1. The number of nitrogens with zero attached hydrogens (tertiary/aromatic N) is 2. The maximum atomic E-state index is 13.2. The first-order valence-corrected chi connectivity index (χ1v) is 10.8. The van der Waals surface area contributed by atoms with Gasteiger partial charge in [-0.25, -0.2) is 9.37 Å². The second-order valence-corrected chi connectivity index (χ2v) is 8.24. The van der Waals surface area contributed by atoms with E-state index in [4.69, 9.17) is 4.74 Å². The van der Waals surface area contributed by atoms with Gasteiger partial charge in [-0.3, -0.25) is 9.78 Å². The Morgan fingerprint density at radius 1 is 1.10 bits per heavy atom. The minimum atomic E-state index is -0.360. The molecule has 0 bridgehead atoms. The van der Waals surface area contributed by atoms with Crippen LogP contribution in [0.1, 0.15) is 0 Å². The molecule has 4 rings (SSSR count). The van der Waals surface area contributed by atoms with Crippen LogP contribution in [0.2, 0.25) is 0 Å².